The molecular formula is C12H11F2N3. The van der Waals surface area contributed by atoms with Gasteiger partial charge in [0.1, 0.15) is 18.0 Å². The average Bonchev–Trinajstić information content (AvgIpc) is 2.32. The van der Waals surface area contributed by atoms with Crippen molar-refractivity contribution in [3.63, 3.8) is 0 Å². The quantitative estimate of drug-likeness (QED) is 0.765. The van der Waals surface area contributed by atoms with Crippen LogP contribution in [0.5, 0.6) is 0 Å². The number of nitrogens with zero attached hydrogens (tertiary/aromatic N) is 3. The van der Waals surface area contributed by atoms with Crippen molar-refractivity contribution in [2.75, 3.05) is 11.9 Å². The van der Waals surface area contributed by atoms with E-state index >= 15 is 0 Å². The number of anilines is 1. The molecule has 5 heteroatoms. The van der Waals surface area contributed by atoms with Gasteiger partial charge in [-0.05, 0) is 6.07 Å². The number of benzene rings is 1. The lowest BCUT2D eigenvalue weighted by molar-refractivity contribution is 0.577. The van der Waals surface area contributed by atoms with Crippen LogP contribution in [-0.2, 0) is 6.54 Å². The molecule has 88 valence electrons. The Kier molecular flexibility index (Phi) is 3.27. The summed E-state index contributed by atoms with van der Waals surface area (Å²) in [4.78, 5) is 8.94. The zero-order valence-corrected chi connectivity index (χ0v) is 9.27. The molecule has 0 N–H and O–H groups in total. The maximum absolute atomic E-state index is 13.4. The number of aromatic nitrogens is 2. The molecule has 3 nitrogen and oxygen atoms in total. The van der Waals surface area contributed by atoms with Crippen molar-refractivity contribution in [1.82, 2.24) is 9.97 Å². The SMILES string of the molecule is CN(Cc1ccccc1F)c1cc(F)ncn1. The molecule has 0 radical (unpaired) electrons. The van der Waals surface area contributed by atoms with Gasteiger partial charge in [0.2, 0.25) is 5.95 Å². The fraction of sp³-hybridized carbons (Fsp3) is 0.167. The number of hydrogen-bond acceptors (Lipinski definition) is 3. The molecule has 2 aromatic rings. The maximum Gasteiger partial charge on any atom is 0.218 e. The zero-order valence-electron chi connectivity index (χ0n) is 9.27. The molecule has 0 spiro atoms. The second-order valence-electron chi connectivity index (χ2n) is 3.65. The van der Waals surface area contributed by atoms with Crippen molar-refractivity contribution >= 4 is 5.82 Å². The highest BCUT2D eigenvalue weighted by Gasteiger charge is 2.07. The van der Waals surface area contributed by atoms with E-state index in [2.05, 4.69) is 9.97 Å². The Balaban J connectivity index is 2.17. The van der Waals surface area contributed by atoms with E-state index in [1.807, 2.05) is 0 Å². The fourth-order valence-electron chi connectivity index (χ4n) is 1.50. The van der Waals surface area contributed by atoms with Gasteiger partial charge in [-0.25, -0.2) is 14.4 Å². The van der Waals surface area contributed by atoms with Crippen LogP contribution in [0.4, 0.5) is 14.6 Å². The average molecular weight is 235 g/mol. The van der Waals surface area contributed by atoms with Crippen molar-refractivity contribution in [3.8, 4) is 0 Å². The highest BCUT2D eigenvalue weighted by Crippen LogP contribution is 2.14. The van der Waals surface area contributed by atoms with Gasteiger partial charge >= 0.3 is 0 Å². The molecule has 0 aliphatic rings. The van der Waals surface area contributed by atoms with Crippen LogP contribution in [0.25, 0.3) is 0 Å². The zero-order chi connectivity index (χ0) is 12.3. The monoisotopic (exact) mass is 235 g/mol. The first kappa shape index (κ1) is 11.4. The van der Waals surface area contributed by atoms with Gasteiger partial charge in [0.05, 0.1) is 0 Å². The van der Waals surface area contributed by atoms with E-state index in [0.29, 0.717) is 17.9 Å². The van der Waals surface area contributed by atoms with Gasteiger partial charge in [-0.15, -0.1) is 0 Å². The lowest BCUT2D eigenvalue weighted by Crippen LogP contribution is -2.18. The van der Waals surface area contributed by atoms with Crippen LogP contribution in [-0.4, -0.2) is 17.0 Å². The first-order valence-corrected chi connectivity index (χ1v) is 5.09. The molecule has 0 amide bonds. The van der Waals surface area contributed by atoms with Crippen LogP contribution in [0, 0.1) is 11.8 Å². The lowest BCUT2D eigenvalue weighted by atomic mass is 10.2. The van der Waals surface area contributed by atoms with Gasteiger partial charge < -0.3 is 4.90 Å². The molecule has 17 heavy (non-hydrogen) atoms. The van der Waals surface area contributed by atoms with E-state index in [1.165, 1.54) is 12.1 Å². The minimum atomic E-state index is -0.601. The van der Waals surface area contributed by atoms with Crippen molar-refractivity contribution in [1.29, 1.82) is 0 Å². The Morgan fingerprint density at radius 3 is 2.65 bits per heavy atom. The molecule has 0 aliphatic carbocycles. The Labute approximate surface area is 97.7 Å². The third-order valence-electron chi connectivity index (χ3n) is 2.38. The number of rotatable bonds is 3. The summed E-state index contributed by atoms with van der Waals surface area (Å²) in [6.45, 7) is 0.323. The third-order valence-corrected chi connectivity index (χ3v) is 2.38. The summed E-state index contributed by atoms with van der Waals surface area (Å²) in [7, 11) is 1.72. The van der Waals surface area contributed by atoms with E-state index in [4.69, 9.17) is 0 Å². The first-order valence-electron chi connectivity index (χ1n) is 5.09. The molecule has 0 aliphatic heterocycles. The fourth-order valence-corrected chi connectivity index (χ4v) is 1.50. The first-order chi connectivity index (χ1) is 8.16. The van der Waals surface area contributed by atoms with Crippen molar-refractivity contribution in [3.05, 3.63) is 54.0 Å². The Hall–Kier alpha value is -2.04. The molecule has 0 unspecified atom stereocenters. The van der Waals surface area contributed by atoms with E-state index in [1.54, 1.807) is 30.1 Å². The topological polar surface area (TPSA) is 29.0 Å². The van der Waals surface area contributed by atoms with E-state index in [-0.39, 0.29) is 5.82 Å². The molecule has 0 fully saturated rings. The summed E-state index contributed by atoms with van der Waals surface area (Å²) < 4.78 is 26.3. The van der Waals surface area contributed by atoms with Crippen LogP contribution in [0.15, 0.2) is 36.7 Å². The molecular weight excluding hydrogens is 224 g/mol. The smallest absolute Gasteiger partial charge is 0.218 e. The lowest BCUT2D eigenvalue weighted by Gasteiger charge is -2.18. The Morgan fingerprint density at radius 2 is 1.94 bits per heavy atom. The molecule has 0 saturated heterocycles. The van der Waals surface area contributed by atoms with E-state index in [9.17, 15) is 8.78 Å². The van der Waals surface area contributed by atoms with Crippen LogP contribution >= 0.6 is 0 Å². The summed E-state index contributed by atoms with van der Waals surface area (Å²) in [6.07, 6.45) is 1.14. The summed E-state index contributed by atoms with van der Waals surface area (Å²) in [6, 6.07) is 7.67. The van der Waals surface area contributed by atoms with Crippen molar-refractivity contribution < 1.29 is 8.78 Å². The van der Waals surface area contributed by atoms with Gasteiger partial charge in [-0.2, -0.15) is 4.39 Å². The molecule has 1 heterocycles. The molecule has 0 bridgehead atoms. The standard InChI is InChI=1S/C12H11F2N3/c1-17(12-6-11(14)15-8-16-12)7-9-4-2-3-5-10(9)13/h2-6,8H,7H2,1H3. The minimum Gasteiger partial charge on any atom is -0.355 e. The maximum atomic E-state index is 13.4. The van der Waals surface area contributed by atoms with E-state index in [0.717, 1.165) is 6.33 Å². The predicted molar refractivity (Wildman–Crippen MR) is 60.5 cm³/mol. The number of hydrogen-bond donors (Lipinski definition) is 0. The van der Waals surface area contributed by atoms with Crippen LogP contribution < -0.4 is 4.90 Å². The molecule has 1 aromatic heterocycles. The largest absolute Gasteiger partial charge is 0.355 e. The normalized spacial score (nSPS) is 10.3. The summed E-state index contributed by atoms with van der Waals surface area (Å²) in [5, 5.41) is 0. The summed E-state index contributed by atoms with van der Waals surface area (Å²) in [5.74, 6) is -0.468. The Morgan fingerprint density at radius 1 is 1.18 bits per heavy atom. The molecule has 1 aromatic carbocycles. The van der Waals surface area contributed by atoms with Gasteiger partial charge in [-0.3, -0.25) is 0 Å². The third kappa shape index (κ3) is 2.75. The van der Waals surface area contributed by atoms with Crippen LogP contribution in [0.1, 0.15) is 5.56 Å². The summed E-state index contributed by atoms with van der Waals surface area (Å²) >= 11 is 0. The van der Waals surface area contributed by atoms with Crippen molar-refractivity contribution in [2.24, 2.45) is 0 Å². The second kappa shape index (κ2) is 4.86. The van der Waals surface area contributed by atoms with Gasteiger partial charge in [-0.1, -0.05) is 18.2 Å². The van der Waals surface area contributed by atoms with Crippen LogP contribution in [0.3, 0.4) is 0 Å². The second-order valence-corrected chi connectivity index (χ2v) is 3.65. The Bertz CT molecular complexity index is 517. The van der Waals surface area contributed by atoms with Gasteiger partial charge in [0.15, 0.2) is 0 Å². The predicted octanol–water partition coefficient (Wildman–Crippen LogP) is 2.39. The summed E-state index contributed by atoms with van der Waals surface area (Å²) in [5.41, 5.74) is 0.536. The molecule has 0 saturated carbocycles. The highest BCUT2D eigenvalue weighted by atomic mass is 19.1. The van der Waals surface area contributed by atoms with Gasteiger partial charge in [0, 0.05) is 25.2 Å². The number of halogens is 2. The van der Waals surface area contributed by atoms with E-state index < -0.39 is 5.95 Å². The van der Waals surface area contributed by atoms with Crippen LogP contribution in [0.2, 0.25) is 0 Å². The van der Waals surface area contributed by atoms with Gasteiger partial charge in [0.25, 0.3) is 0 Å². The van der Waals surface area contributed by atoms with Crippen molar-refractivity contribution in [2.45, 2.75) is 6.54 Å². The molecule has 0 atom stereocenters. The highest BCUT2D eigenvalue weighted by molar-refractivity contribution is 5.37. The minimum absolute atomic E-state index is 0.283. The molecule has 2 rings (SSSR count).